The summed E-state index contributed by atoms with van der Waals surface area (Å²) in [6.45, 7) is 9.22. The first-order chi connectivity index (χ1) is 9.13. The zero-order valence-corrected chi connectivity index (χ0v) is 13.2. The molecule has 2 nitrogen and oxygen atoms in total. The van der Waals surface area contributed by atoms with Crippen molar-refractivity contribution in [1.82, 2.24) is 5.32 Å². The second-order valence-electron chi connectivity index (χ2n) is 7.22. The van der Waals surface area contributed by atoms with Gasteiger partial charge in [-0.15, -0.1) is 0 Å². The van der Waals surface area contributed by atoms with Gasteiger partial charge in [0.15, 0.2) is 0 Å². The molecule has 0 aliphatic heterocycles. The van der Waals surface area contributed by atoms with E-state index in [2.05, 4.69) is 26.1 Å². The van der Waals surface area contributed by atoms with Gasteiger partial charge in [-0.05, 0) is 56.9 Å². The van der Waals surface area contributed by atoms with Gasteiger partial charge < -0.3 is 10.1 Å². The fourth-order valence-corrected chi connectivity index (χ4v) is 4.17. The second-order valence-corrected chi connectivity index (χ2v) is 7.22. The molecule has 0 aromatic carbocycles. The molecule has 0 saturated heterocycles. The van der Waals surface area contributed by atoms with E-state index < -0.39 is 0 Å². The van der Waals surface area contributed by atoms with E-state index in [-0.39, 0.29) is 5.60 Å². The molecule has 1 N–H and O–H groups in total. The summed E-state index contributed by atoms with van der Waals surface area (Å²) in [6.07, 6.45) is 10.9. The molecule has 2 aliphatic rings. The van der Waals surface area contributed by atoms with Gasteiger partial charge in [0.25, 0.3) is 0 Å². The molecule has 2 rings (SSSR count). The van der Waals surface area contributed by atoms with Crippen LogP contribution in [0.5, 0.6) is 0 Å². The molecular formula is C17H33NO. The van der Waals surface area contributed by atoms with Crippen molar-refractivity contribution in [1.29, 1.82) is 0 Å². The standard InChI is InChI=1S/C17H33NO/c1-4-9-18-13-17(7-5-6-8-17)19-16-11-14(2)10-15(3)12-16/h14-16,18H,4-13H2,1-3H3. The average molecular weight is 267 g/mol. The van der Waals surface area contributed by atoms with Gasteiger partial charge in [-0.1, -0.05) is 33.6 Å². The highest BCUT2D eigenvalue weighted by atomic mass is 16.5. The Morgan fingerprint density at radius 3 is 2.26 bits per heavy atom. The van der Waals surface area contributed by atoms with Gasteiger partial charge in [-0.3, -0.25) is 0 Å². The van der Waals surface area contributed by atoms with Gasteiger partial charge in [0, 0.05) is 6.54 Å². The first-order valence-corrected chi connectivity index (χ1v) is 8.52. The first kappa shape index (κ1) is 15.3. The highest BCUT2D eigenvalue weighted by Gasteiger charge is 2.38. The Hall–Kier alpha value is -0.0800. The molecule has 2 heteroatoms. The van der Waals surface area contributed by atoms with Crippen LogP contribution in [0.4, 0.5) is 0 Å². The van der Waals surface area contributed by atoms with Gasteiger partial charge in [0.05, 0.1) is 11.7 Å². The topological polar surface area (TPSA) is 21.3 Å². The maximum absolute atomic E-state index is 6.66. The van der Waals surface area contributed by atoms with E-state index in [1.165, 1.54) is 51.4 Å². The first-order valence-electron chi connectivity index (χ1n) is 8.52. The van der Waals surface area contributed by atoms with Crippen LogP contribution in [0.1, 0.15) is 72.1 Å². The third kappa shape index (κ3) is 4.46. The molecule has 0 aromatic rings. The summed E-state index contributed by atoms with van der Waals surface area (Å²) >= 11 is 0. The molecule has 2 aliphatic carbocycles. The molecule has 2 atom stereocenters. The van der Waals surface area contributed by atoms with Gasteiger partial charge >= 0.3 is 0 Å². The number of ether oxygens (including phenoxy) is 1. The van der Waals surface area contributed by atoms with Crippen molar-refractivity contribution >= 4 is 0 Å². The van der Waals surface area contributed by atoms with Gasteiger partial charge in [-0.2, -0.15) is 0 Å². The number of rotatable bonds is 6. The molecule has 2 unspecified atom stereocenters. The largest absolute Gasteiger partial charge is 0.370 e. The molecule has 2 saturated carbocycles. The average Bonchev–Trinajstić information content (AvgIpc) is 2.77. The lowest BCUT2D eigenvalue weighted by Gasteiger charge is -2.39. The molecule has 112 valence electrons. The number of hydrogen-bond donors (Lipinski definition) is 1. The molecule has 19 heavy (non-hydrogen) atoms. The van der Waals surface area contributed by atoms with Crippen molar-refractivity contribution in [2.45, 2.75) is 83.8 Å². The third-order valence-corrected chi connectivity index (χ3v) is 4.94. The maximum atomic E-state index is 6.66. The van der Waals surface area contributed by atoms with Crippen LogP contribution in [0.25, 0.3) is 0 Å². The van der Waals surface area contributed by atoms with Crippen LogP contribution in [-0.2, 0) is 4.74 Å². The van der Waals surface area contributed by atoms with E-state index in [0.29, 0.717) is 6.10 Å². The normalized spacial score (nSPS) is 34.6. The Kier molecular flexibility index (Phi) is 5.70. The Balaban J connectivity index is 1.88. The minimum Gasteiger partial charge on any atom is -0.370 e. The number of hydrogen-bond acceptors (Lipinski definition) is 2. The fraction of sp³-hybridized carbons (Fsp3) is 1.00. The number of nitrogens with one attached hydrogen (secondary N) is 1. The van der Waals surface area contributed by atoms with E-state index in [0.717, 1.165) is 24.9 Å². The monoisotopic (exact) mass is 267 g/mol. The zero-order chi connectivity index (χ0) is 13.7. The SMILES string of the molecule is CCCNCC1(OC2CC(C)CC(C)C2)CCCC1. The van der Waals surface area contributed by atoms with E-state index in [4.69, 9.17) is 4.74 Å². The van der Waals surface area contributed by atoms with Gasteiger partial charge in [0.2, 0.25) is 0 Å². The molecule has 0 heterocycles. The summed E-state index contributed by atoms with van der Waals surface area (Å²) in [6, 6.07) is 0. The van der Waals surface area contributed by atoms with Crippen LogP contribution in [-0.4, -0.2) is 24.8 Å². The van der Waals surface area contributed by atoms with Crippen LogP contribution in [0, 0.1) is 11.8 Å². The highest BCUT2D eigenvalue weighted by Crippen LogP contribution is 2.38. The van der Waals surface area contributed by atoms with E-state index in [1.54, 1.807) is 0 Å². The lowest BCUT2D eigenvalue weighted by atomic mass is 9.81. The molecule has 0 radical (unpaired) electrons. The van der Waals surface area contributed by atoms with Crippen molar-refractivity contribution in [3.63, 3.8) is 0 Å². The molecule has 0 spiro atoms. The summed E-state index contributed by atoms with van der Waals surface area (Å²) < 4.78 is 6.66. The van der Waals surface area contributed by atoms with Crippen molar-refractivity contribution in [2.75, 3.05) is 13.1 Å². The summed E-state index contributed by atoms with van der Waals surface area (Å²) in [5.41, 5.74) is 0.163. The predicted molar refractivity (Wildman–Crippen MR) is 81.4 cm³/mol. The lowest BCUT2D eigenvalue weighted by molar-refractivity contribution is -0.112. The van der Waals surface area contributed by atoms with Crippen molar-refractivity contribution in [3.8, 4) is 0 Å². The van der Waals surface area contributed by atoms with Crippen molar-refractivity contribution in [2.24, 2.45) is 11.8 Å². The quantitative estimate of drug-likeness (QED) is 0.730. The Morgan fingerprint density at radius 1 is 1.05 bits per heavy atom. The second kappa shape index (κ2) is 7.08. The smallest absolute Gasteiger partial charge is 0.0810 e. The highest BCUT2D eigenvalue weighted by molar-refractivity contribution is 4.91. The van der Waals surface area contributed by atoms with E-state index >= 15 is 0 Å². The maximum Gasteiger partial charge on any atom is 0.0810 e. The molecule has 0 bridgehead atoms. The zero-order valence-electron chi connectivity index (χ0n) is 13.2. The molecule has 0 amide bonds. The lowest BCUT2D eigenvalue weighted by Crippen LogP contribution is -2.45. The Morgan fingerprint density at radius 2 is 1.68 bits per heavy atom. The summed E-state index contributed by atoms with van der Waals surface area (Å²) in [5, 5.41) is 3.60. The molecular weight excluding hydrogens is 234 g/mol. The van der Waals surface area contributed by atoms with Crippen LogP contribution in [0.2, 0.25) is 0 Å². The van der Waals surface area contributed by atoms with Crippen molar-refractivity contribution in [3.05, 3.63) is 0 Å². The molecule has 0 aromatic heterocycles. The Labute approximate surface area is 119 Å². The van der Waals surface area contributed by atoms with Crippen LogP contribution >= 0.6 is 0 Å². The van der Waals surface area contributed by atoms with Crippen LogP contribution in [0.3, 0.4) is 0 Å². The van der Waals surface area contributed by atoms with Crippen LogP contribution < -0.4 is 5.32 Å². The summed E-state index contributed by atoms with van der Waals surface area (Å²) in [7, 11) is 0. The Bertz CT molecular complexity index is 250. The third-order valence-electron chi connectivity index (χ3n) is 4.94. The minimum absolute atomic E-state index is 0.163. The minimum atomic E-state index is 0.163. The van der Waals surface area contributed by atoms with E-state index in [1.807, 2.05) is 0 Å². The summed E-state index contributed by atoms with van der Waals surface area (Å²) in [4.78, 5) is 0. The summed E-state index contributed by atoms with van der Waals surface area (Å²) in [5.74, 6) is 1.69. The van der Waals surface area contributed by atoms with E-state index in [9.17, 15) is 0 Å². The van der Waals surface area contributed by atoms with Crippen LogP contribution in [0.15, 0.2) is 0 Å². The fourth-order valence-electron chi connectivity index (χ4n) is 4.17. The predicted octanol–water partition coefficient (Wildman–Crippen LogP) is 4.14. The van der Waals surface area contributed by atoms with Crippen molar-refractivity contribution < 1.29 is 4.74 Å². The van der Waals surface area contributed by atoms with Gasteiger partial charge in [0.1, 0.15) is 0 Å². The molecule has 2 fully saturated rings. The van der Waals surface area contributed by atoms with Gasteiger partial charge in [-0.25, -0.2) is 0 Å².